The smallest absolute Gasteiger partial charge is 0.231 e. The molecule has 5 rings (SSSR count). The molecule has 0 bridgehead atoms. The summed E-state index contributed by atoms with van der Waals surface area (Å²) in [4.78, 5) is 18.3. The number of benzene rings is 1. The number of nitrogen functional groups attached to an aromatic ring is 1. The summed E-state index contributed by atoms with van der Waals surface area (Å²) in [6.07, 6.45) is 4.23. The highest BCUT2D eigenvalue weighted by atomic mass is 32.1. The Kier molecular flexibility index (Phi) is 3.43. The fourth-order valence-electron chi connectivity index (χ4n) is 3.94. The summed E-state index contributed by atoms with van der Waals surface area (Å²) < 4.78 is 11.0. The van der Waals surface area contributed by atoms with Crippen LogP contribution in [0.1, 0.15) is 40.7 Å². The number of Topliss-reactive ketones (excluding diaryl/α,β-unsaturated/α-hetero) is 1. The molecule has 3 aromatic rings. The second-order valence-electron chi connectivity index (χ2n) is 6.77. The molecule has 0 radical (unpaired) electrons. The third kappa shape index (κ3) is 2.22. The Hall–Kier alpha value is -2.60. The van der Waals surface area contributed by atoms with Gasteiger partial charge >= 0.3 is 0 Å². The van der Waals surface area contributed by atoms with Gasteiger partial charge in [0, 0.05) is 18.0 Å². The fraction of sp³-hybridized carbons (Fsp3) is 0.300. The zero-order valence-electron chi connectivity index (χ0n) is 14.4. The van der Waals surface area contributed by atoms with E-state index in [9.17, 15) is 4.79 Å². The van der Waals surface area contributed by atoms with E-state index in [2.05, 4.69) is 0 Å². The maximum atomic E-state index is 12.0. The lowest BCUT2D eigenvalue weighted by atomic mass is 9.87. The molecule has 1 aliphatic heterocycles. The van der Waals surface area contributed by atoms with Gasteiger partial charge in [-0.05, 0) is 54.5 Å². The first kappa shape index (κ1) is 15.6. The third-order valence-electron chi connectivity index (χ3n) is 5.13. The van der Waals surface area contributed by atoms with Crippen molar-refractivity contribution in [3.8, 4) is 22.6 Å². The molecule has 1 aromatic carbocycles. The average Bonchev–Trinajstić information content (AvgIpc) is 3.24. The molecular weight excluding hydrogens is 348 g/mol. The van der Waals surface area contributed by atoms with Crippen LogP contribution in [0.3, 0.4) is 0 Å². The summed E-state index contributed by atoms with van der Waals surface area (Å²) in [5.74, 6) is 1.49. The number of hydrogen-bond donors (Lipinski definition) is 1. The molecule has 0 atom stereocenters. The first-order valence-electron chi connectivity index (χ1n) is 8.78. The second-order valence-corrected chi connectivity index (χ2v) is 7.77. The predicted octanol–water partition coefficient (Wildman–Crippen LogP) is 4.36. The predicted molar refractivity (Wildman–Crippen MR) is 102 cm³/mol. The summed E-state index contributed by atoms with van der Waals surface area (Å²) >= 11 is 1.40. The van der Waals surface area contributed by atoms with Gasteiger partial charge in [-0.2, -0.15) is 0 Å². The second kappa shape index (κ2) is 5.71. The summed E-state index contributed by atoms with van der Waals surface area (Å²) in [7, 11) is 0. The zero-order valence-corrected chi connectivity index (χ0v) is 15.2. The van der Waals surface area contributed by atoms with Crippen molar-refractivity contribution in [3.63, 3.8) is 0 Å². The van der Waals surface area contributed by atoms with E-state index in [1.165, 1.54) is 16.9 Å². The number of carbonyl (C=O) groups is 1. The van der Waals surface area contributed by atoms with Crippen molar-refractivity contribution in [2.75, 3.05) is 12.5 Å². The molecular formula is C20H18N2O3S. The quantitative estimate of drug-likeness (QED) is 0.682. The number of pyridine rings is 1. The van der Waals surface area contributed by atoms with Gasteiger partial charge in [0.1, 0.15) is 4.83 Å². The number of carbonyl (C=O) groups excluding carboxylic acids is 1. The van der Waals surface area contributed by atoms with Gasteiger partial charge in [-0.1, -0.05) is 6.07 Å². The number of nitrogens with zero attached hydrogens (tertiary/aromatic N) is 1. The van der Waals surface area contributed by atoms with Crippen LogP contribution in [0, 0.1) is 0 Å². The van der Waals surface area contributed by atoms with Crippen molar-refractivity contribution in [3.05, 3.63) is 34.3 Å². The zero-order chi connectivity index (χ0) is 17.8. The summed E-state index contributed by atoms with van der Waals surface area (Å²) in [5, 5.41) is 0.903. The number of ketones is 1. The van der Waals surface area contributed by atoms with Crippen molar-refractivity contribution in [2.45, 2.75) is 32.6 Å². The van der Waals surface area contributed by atoms with E-state index in [0.29, 0.717) is 10.6 Å². The van der Waals surface area contributed by atoms with Crippen LogP contribution < -0.4 is 15.2 Å². The van der Waals surface area contributed by atoms with Crippen LogP contribution in [0.4, 0.5) is 5.69 Å². The monoisotopic (exact) mass is 366 g/mol. The first-order valence-corrected chi connectivity index (χ1v) is 9.60. The summed E-state index contributed by atoms with van der Waals surface area (Å²) in [5.41, 5.74) is 11.5. The molecule has 0 saturated heterocycles. The molecule has 0 saturated carbocycles. The Balaban J connectivity index is 1.85. The fourth-order valence-corrected chi connectivity index (χ4v) is 4.96. The highest BCUT2D eigenvalue weighted by molar-refractivity contribution is 7.21. The minimum atomic E-state index is -0.0138. The van der Waals surface area contributed by atoms with Crippen LogP contribution in [0.2, 0.25) is 0 Å². The van der Waals surface area contributed by atoms with Crippen LogP contribution in [0.5, 0.6) is 11.5 Å². The Morgan fingerprint density at radius 1 is 1.19 bits per heavy atom. The van der Waals surface area contributed by atoms with Gasteiger partial charge in [-0.25, -0.2) is 4.98 Å². The molecule has 0 fully saturated rings. The number of aryl methyl sites for hydroxylation is 1. The van der Waals surface area contributed by atoms with Crippen molar-refractivity contribution in [1.29, 1.82) is 0 Å². The maximum Gasteiger partial charge on any atom is 0.231 e. The highest BCUT2D eigenvalue weighted by Gasteiger charge is 2.25. The van der Waals surface area contributed by atoms with Gasteiger partial charge in [0.05, 0.1) is 10.6 Å². The number of anilines is 1. The minimum Gasteiger partial charge on any atom is -0.454 e. The molecule has 2 aromatic heterocycles. The van der Waals surface area contributed by atoms with E-state index < -0.39 is 0 Å². The van der Waals surface area contributed by atoms with Gasteiger partial charge in [0.15, 0.2) is 17.3 Å². The van der Waals surface area contributed by atoms with Crippen molar-refractivity contribution in [2.24, 2.45) is 0 Å². The number of fused-ring (bicyclic) bond motifs is 3. The van der Waals surface area contributed by atoms with Crippen LogP contribution in [0.15, 0.2) is 18.2 Å². The lowest BCUT2D eigenvalue weighted by Crippen LogP contribution is -2.08. The normalized spacial score (nSPS) is 15.3. The van der Waals surface area contributed by atoms with E-state index in [4.69, 9.17) is 20.2 Å². The van der Waals surface area contributed by atoms with Gasteiger partial charge in [0.2, 0.25) is 6.79 Å². The largest absolute Gasteiger partial charge is 0.454 e. The molecule has 132 valence electrons. The third-order valence-corrected chi connectivity index (χ3v) is 6.33. The lowest BCUT2D eigenvalue weighted by Gasteiger charge is -2.20. The molecule has 5 nitrogen and oxygen atoms in total. The van der Waals surface area contributed by atoms with Gasteiger partial charge < -0.3 is 15.2 Å². The summed E-state index contributed by atoms with van der Waals surface area (Å²) in [6.45, 7) is 1.80. The Morgan fingerprint density at radius 2 is 2.00 bits per heavy atom. The van der Waals surface area contributed by atoms with Crippen molar-refractivity contribution >= 4 is 33.0 Å². The SMILES string of the molecule is CC(=O)c1sc2nc3c(c(-c4ccc5c(c4)OCO5)c2c1N)CCCC3. The number of hydrogen-bond acceptors (Lipinski definition) is 6. The van der Waals surface area contributed by atoms with Crippen LogP contribution >= 0.6 is 11.3 Å². The molecule has 6 heteroatoms. The standard InChI is InChI=1S/C20H18N2O3S/c1-10(23)19-18(21)17-16(11-6-7-14-15(8-11)25-9-24-14)12-4-2-3-5-13(12)22-20(17)26-19/h6-8H,2-5,9,21H2,1H3. The molecule has 26 heavy (non-hydrogen) atoms. The van der Waals surface area contributed by atoms with Gasteiger partial charge in [0.25, 0.3) is 0 Å². The van der Waals surface area contributed by atoms with Crippen LogP contribution in [0.25, 0.3) is 21.3 Å². The maximum absolute atomic E-state index is 12.0. The molecule has 0 spiro atoms. The van der Waals surface area contributed by atoms with Crippen LogP contribution in [-0.4, -0.2) is 17.6 Å². The van der Waals surface area contributed by atoms with E-state index in [1.54, 1.807) is 6.92 Å². The molecule has 2 aliphatic rings. The van der Waals surface area contributed by atoms with E-state index >= 15 is 0 Å². The molecule has 0 unspecified atom stereocenters. The molecule has 2 N–H and O–H groups in total. The van der Waals surface area contributed by atoms with E-state index in [0.717, 1.165) is 64.2 Å². The van der Waals surface area contributed by atoms with Gasteiger partial charge in [-0.3, -0.25) is 4.79 Å². The number of aromatic nitrogens is 1. The Labute approximate surface area is 154 Å². The van der Waals surface area contributed by atoms with E-state index in [-0.39, 0.29) is 12.6 Å². The minimum absolute atomic E-state index is 0.0138. The lowest BCUT2D eigenvalue weighted by molar-refractivity contribution is 0.102. The van der Waals surface area contributed by atoms with Crippen molar-refractivity contribution in [1.82, 2.24) is 4.98 Å². The number of nitrogens with two attached hydrogens (primary N) is 1. The van der Waals surface area contributed by atoms with Crippen molar-refractivity contribution < 1.29 is 14.3 Å². The highest BCUT2D eigenvalue weighted by Crippen LogP contribution is 2.46. The molecule has 1 aliphatic carbocycles. The Bertz CT molecular complexity index is 1070. The topological polar surface area (TPSA) is 74.4 Å². The average molecular weight is 366 g/mol. The Morgan fingerprint density at radius 3 is 2.85 bits per heavy atom. The first-order chi connectivity index (χ1) is 12.6. The number of ether oxygens (including phenoxy) is 2. The number of rotatable bonds is 2. The van der Waals surface area contributed by atoms with E-state index in [1.807, 2.05) is 18.2 Å². The van der Waals surface area contributed by atoms with Gasteiger partial charge in [-0.15, -0.1) is 11.3 Å². The van der Waals surface area contributed by atoms with Crippen LogP contribution in [-0.2, 0) is 12.8 Å². The molecule has 0 amide bonds. The summed E-state index contributed by atoms with van der Waals surface area (Å²) in [6, 6.07) is 5.99. The molecule has 3 heterocycles. The number of thiophene rings is 1.